The Morgan fingerprint density at radius 2 is 1.77 bits per heavy atom. The van der Waals surface area contributed by atoms with Crippen LogP contribution in [0, 0.1) is 13.8 Å². The maximum Gasteiger partial charge on any atom is 0.301 e. The van der Waals surface area contributed by atoms with E-state index < -0.39 is 17.7 Å². The molecule has 1 amide bonds. The Morgan fingerprint density at radius 3 is 2.58 bits per heavy atom. The number of aliphatic hydroxyl groups excluding tert-OH is 1. The second-order valence-electron chi connectivity index (χ2n) is 11.7. The number of ether oxygens (including phenoxy) is 2. The lowest BCUT2D eigenvalue weighted by Crippen LogP contribution is -2.29. The van der Waals surface area contributed by atoms with Crippen LogP contribution in [0.3, 0.4) is 0 Å². The van der Waals surface area contributed by atoms with Gasteiger partial charge in [-0.25, -0.2) is 0 Å². The fourth-order valence-corrected chi connectivity index (χ4v) is 7.78. The number of amides is 1. The summed E-state index contributed by atoms with van der Waals surface area (Å²) in [6, 6.07) is 24.4. The molecule has 8 nitrogen and oxygen atoms in total. The Balaban J connectivity index is 1.39. The molecule has 0 radical (unpaired) electrons. The normalized spacial score (nSPS) is 15.8. The highest BCUT2D eigenvalue weighted by Gasteiger charge is 2.48. The third-order valence-electron chi connectivity index (χ3n) is 8.43. The predicted molar refractivity (Wildman–Crippen MR) is 192 cm³/mol. The molecule has 10 heteroatoms. The van der Waals surface area contributed by atoms with Crippen molar-refractivity contribution in [3.05, 3.63) is 112 Å². The molecule has 0 aliphatic carbocycles. The lowest BCUT2D eigenvalue weighted by Gasteiger charge is -2.23. The van der Waals surface area contributed by atoms with Crippen molar-refractivity contribution >= 4 is 56.5 Å². The number of rotatable bonds is 12. The number of carbonyl (C=O) groups excluding carboxylic acids is 2. The van der Waals surface area contributed by atoms with E-state index in [0.717, 1.165) is 41.3 Å². The largest absolute Gasteiger partial charge is 0.507 e. The van der Waals surface area contributed by atoms with Gasteiger partial charge in [0.25, 0.3) is 5.78 Å². The molecule has 1 saturated heterocycles. The lowest BCUT2D eigenvalue weighted by molar-refractivity contribution is -0.132. The zero-order chi connectivity index (χ0) is 33.8. The lowest BCUT2D eigenvalue weighted by atomic mass is 9.93. The molecule has 6 rings (SSSR count). The number of aliphatic hydroxyl groups is 1. The average Bonchev–Trinajstić information content (AvgIpc) is 3.67. The zero-order valence-corrected chi connectivity index (χ0v) is 29.0. The highest BCUT2D eigenvalue weighted by Crippen LogP contribution is 2.46. The second kappa shape index (κ2) is 14.6. The van der Waals surface area contributed by atoms with Gasteiger partial charge in [0, 0.05) is 11.3 Å². The number of hydrogen-bond donors (Lipinski definition) is 1. The molecular formula is C38H37N3O5S2. The molecular weight excluding hydrogens is 643 g/mol. The summed E-state index contributed by atoms with van der Waals surface area (Å²) in [4.78, 5) is 29.0. The van der Waals surface area contributed by atoms with Gasteiger partial charge in [0.15, 0.2) is 15.8 Å². The molecule has 1 aromatic heterocycles. The van der Waals surface area contributed by atoms with E-state index in [9.17, 15) is 14.7 Å². The van der Waals surface area contributed by atoms with Gasteiger partial charge >= 0.3 is 5.91 Å². The second-order valence-corrected chi connectivity index (χ2v) is 13.9. The zero-order valence-electron chi connectivity index (χ0n) is 27.4. The monoisotopic (exact) mass is 679 g/mol. The number of ketones is 1. The van der Waals surface area contributed by atoms with Gasteiger partial charge in [0.05, 0.1) is 25.3 Å². The van der Waals surface area contributed by atoms with Gasteiger partial charge in [0.2, 0.25) is 5.13 Å². The minimum atomic E-state index is -0.975. The van der Waals surface area contributed by atoms with Crippen LogP contribution in [0.25, 0.3) is 16.5 Å². The summed E-state index contributed by atoms with van der Waals surface area (Å²) >= 11 is 2.75. The first-order chi connectivity index (χ1) is 23.3. The molecule has 1 aliphatic heterocycles. The van der Waals surface area contributed by atoms with Crippen molar-refractivity contribution in [2.24, 2.45) is 0 Å². The van der Waals surface area contributed by atoms with Crippen molar-refractivity contribution in [1.82, 2.24) is 10.2 Å². The standard InChI is InChI=1S/C38H37N3O5S2/c1-5-6-9-19-46-30-18-17-26(21-31(30)45-4)33-32(34(42)29-20-23(2)15-16-24(29)3)35(43)36(44)41(33)37-39-40-38(48-37)47-22-27-13-10-12-25-11-7-8-14-28(25)27/h7-8,10-18,20-21,33,42H,5-6,9,19,22H2,1-4H3. The first-order valence-electron chi connectivity index (χ1n) is 15.9. The van der Waals surface area contributed by atoms with E-state index in [4.69, 9.17) is 9.47 Å². The average molecular weight is 680 g/mol. The summed E-state index contributed by atoms with van der Waals surface area (Å²) in [7, 11) is 1.55. The quantitative estimate of drug-likeness (QED) is 0.0349. The molecule has 2 heterocycles. The number of nitrogens with zero attached hydrogens (tertiary/aromatic N) is 3. The van der Waals surface area contributed by atoms with Crippen LogP contribution in [0.4, 0.5) is 5.13 Å². The van der Waals surface area contributed by atoms with Crippen LogP contribution in [0.2, 0.25) is 0 Å². The number of carbonyl (C=O) groups is 2. The molecule has 1 fully saturated rings. The fraction of sp³-hybridized carbons (Fsp3) is 0.263. The predicted octanol–water partition coefficient (Wildman–Crippen LogP) is 8.80. The molecule has 48 heavy (non-hydrogen) atoms. The SMILES string of the molecule is CCCCCOc1ccc(C2C(=C(O)c3cc(C)ccc3C)C(=O)C(=O)N2c2nnc(SCc3cccc4ccccc34)s2)cc1OC. The van der Waals surface area contributed by atoms with E-state index in [0.29, 0.717) is 39.3 Å². The molecule has 1 unspecified atom stereocenters. The Bertz CT molecular complexity index is 2020. The Labute approximate surface area is 288 Å². The van der Waals surface area contributed by atoms with Gasteiger partial charge in [-0.15, -0.1) is 10.2 Å². The van der Waals surface area contributed by atoms with E-state index in [1.54, 1.807) is 25.3 Å². The smallest absolute Gasteiger partial charge is 0.301 e. The van der Waals surface area contributed by atoms with Crippen LogP contribution < -0.4 is 14.4 Å². The first kappa shape index (κ1) is 33.2. The number of fused-ring (bicyclic) bond motifs is 1. The van der Waals surface area contributed by atoms with Crippen molar-refractivity contribution in [1.29, 1.82) is 0 Å². The highest BCUT2D eigenvalue weighted by atomic mass is 32.2. The fourth-order valence-electron chi connectivity index (χ4n) is 5.90. The van der Waals surface area contributed by atoms with Gasteiger partial charge in [-0.05, 0) is 65.9 Å². The molecule has 1 atom stereocenters. The van der Waals surface area contributed by atoms with E-state index in [1.165, 1.54) is 33.4 Å². The number of benzene rings is 4. The highest BCUT2D eigenvalue weighted by molar-refractivity contribution is 8.00. The van der Waals surface area contributed by atoms with Crippen molar-refractivity contribution in [2.45, 2.75) is 56.2 Å². The van der Waals surface area contributed by atoms with Crippen molar-refractivity contribution in [3.8, 4) is 11.5 Å². The van der Waals surface area contributed by atoms with Crippen LogP contribution in [-0.4, -0.2) is 40.7 Å². The number of aryl methyl sites for hydroxylation is 2. The maximum atomic E-state index is 13.9. The first-order valence-corrected chi connectivity index (χ1v) is 17.7. The van der Waals surface area contributed by atoms with Crippen LogP contribution in [-0.2, 0) is 15.3 Å². The minimum Gasteiger partial charge on any atom is -0.507 e. The number of anilines is 1. The molecule has 5 aromatic rings. The third-order valence-corrected chi connectivity index (χ3v) is 10.5. The van der Waals surface area contributed by atoms with E-state index in [2.05, 4.69) is 41.4 Å². The van der Waals surface area contributed by atoms with E-state index in [1.807, 2.05) is 50.2 Å². The molecule has 1 aliphatic rings. The van der Waals surface area contributed by atoms with Gasteiger partial charge in [-0.1, -0.05) is 109 Å². The van der Waals surface area contributed by atoms with E-state index in [-0.39, 0.29) is 16.5 Å². The van der Waals surface area contributed by atoms with Crippen molar-refractivity contribution < 1.29 is 24.2 Å². The van der Waals surface area contributed by atoms with Crippen molar-refractivity contribution in [3.63, 3.8) is 0 Å². The number of aromatic nitrogens is 2. The van der Waals surface area contributed by atoms with Crippen LogP contribution in [0.15, 0.2) is 88.8 Å². The molecule has 4 aromatic carbocycles. The Kier molecular flexibility index (Phi) is 10.1. The summed E-state index contributed by atoms with van der Waals surface area (Å²) in [5.74, 6) is -0.139. The van der Waals surface area contributed by atoms with Gasteiger partial charge in [0.1, 0.15) is 5.76 Å². The summed E-state index contributed by atoms with van der Waals surface area (Å²) in [6.45, 7) is 6.44. The molecule has 0 spiro atoms. The van der Waals surface area contributed by atoms with Gasteiger partial charge < -0.3 is 14.6 Å². The minimum absolute atomic E-state index is 0.0208. The summed E-state index contributed by atoms with van der Waals surface area (Å²) in [5, 5.41) is 23.1. The summed E-state index contributed by atoms with van der Waals surface area (Å²) in [5.41, 5.74) is 3.89. The number of unbranched alkanes of at least 4 members (excludes halogenated alkanes) is 2. The van der Waals surface area contributed by atoms with Crippen LogP contribution in [0.5, 0.6) is 11.5 Å². The number of Topliss-reactive ketones (excluding diaryl/α,β-unsaturated/α-hetero) is 1. The molecule has 246 valence electrons. The topological polar surface area (TPSA) is 102 Å². The van der Waals surface area contributed by atoms with Gasteiger partial charge in [-0.3, -0.25) is 14.5 Å². The van der Waals surface area contributed by atoms with E-state index >= 15 is 0 Å². The van der Waals surface area contributed by atoms with Gasteiger partial charge in [-0.2, -0.15) is 0 Å². The Hall–Kier alpha value is -4.67. The molecule has 0 saturated carbocycles. The molecule has 0 bridgehead atoms. The van der Waals surface area contributed by atoms with Crippen molar-refractivity contribution in [2.75, 3.05) is 18.6 Å². The van der Waals surface area contributed by atoms with Crippen LogP contribution >= 0.6 is 23.1 Å². The van der Waals surface area contributed by atoms with Crippen LogP contribution in [0.1, 0.15) is 60.0 Å². The summed E-state index contributed by atoms with van der Waals surface area (Å²) < 4.78 is 12.4. The number of methoxy groups -OCH3 is 1. The maximum absolute atomic E-state index is 13.9. The number of thioether (sulfide) groups is 1. The third kappa shape index (κ3) is 6.68. The Morgan fingerprint density at radius 1 is 0.958 bits per heavy atom. The summed E-state index contributed by atoms with van der Waals surface area (Å²) in [6.07, 6.45) is 3.04. The number of hydrogen-bond acceptors (Lipinski definition) is 9. The molecule has 1 N–H and O–H groups in total.